The van der Waals surface area contributed by atoms with Gasteiger partial charge in [-0.1, -0.05) is 12.1 Å². The zero-order valence-corrected chi connectivity index (χ0v) is 7.45. The molecule has 0 heterocycles. The summed E-state index contributed by atoms with van der Waals surface area (Å²) in [5, 5.41) is 0. The van der Waals surface area contributed by atoms with E-state index in [1.54, 1.807) is 7.11 Å². The molecule has 0 saturated carbocycles. The van der Waals surface area contributed by atoms with E-state index in [1.807, 2.05) is 24.3 Å². The Labute approximate surface area is 77.3 Å². The van der Waals surface area contributed by atoms with Gasteiger partial charge in [0.2, 0.25) is 0 Å². The van der Waals surface area contributed by atoms with Crippen LogP contribution in [0.3, 0.4) is 0 Å². The molecule has 0 N–H and O–H groups in total. The monoisotopic (exact) mass is 179 g/mol. The Kier molecular flexibility index (Phi) is 3.82. The highest BCUT2D eigenvalue weighted by Crippen LogP contribution is 2.12. The summed E-state index contributed by atoms with van der Waals surface area (Å²) in [7, 11) is 1.62. The maximum atomic E-state index is 9.75. The van der Waals surface area contributed by atoms with E-state index in [0.717, 1.165) is 11.3 Å². The average Bonchev–Trinajstić information content (AvgIpc) is 2.19. The molecule has 0 bridgehead atoms. The highest BCUT2D eigenvalue weighted by molar-refractivity contribution is 5.38. The fourth-order valence-electron chi connectivity index (χ4n) is 1.04. The van der Waals surface area contributed by atoms with E-state index in [1.165, 1.54) is 6.47 Å². The third kappa shape index (κ3) is 3.15. The van der Waals surface area contributed by atoms with E-state index in [0.29, 0.717) is 13.0 Å². The van der Waals surface area contributed by atoms with Crippen LogP contribution in [0.25, 0.3) is 0 Å². The van der Waals surface area contributed by atoms with Crippen LogP contribution in [0.4, 0.5) is 0 Å². The van der Waals surface area contributed by atoms with Crippen LogP contribution in [0.2, 0.25) is 0 Å². The summed E-state index contributed by atoms with van der Waals surface area (Å²) in [4.78, 5) is 9.75. The molecule has 0 fully saturated rings. The molecule has 13 heavy (non-hydrogen) atoms. The minimum Gasteiger partial charge on any atom is -0.497 e. The van der Waals surface area contributed by atoms with Gasteiger partial charge in [-0.25, -0.2) is 4.79 Å². The lowest BCUT2D eigenvalue weighted by atomic mass is 10.1. The number of hydrogen-bond acceptors (Lipinski definition) is 3. The minimum atomic E-state index is 0.358. The van der Waals surface area contributed by atoms with Crippen molar-refractivity contribution in [3.05, 3.63) is 29.8 Å². The molecule has 1 aromatic carbocycles. The van der Waals surface area contributed by atoms with Crippen molar-refractivity contribution in [3.8, 4) is 5.75 Å². The lowest BCUT2D eigenvalue weighted by Gasteiger charge is -2.02. The Balaban J connectivity index is 2.50. The summed E-state index contributed by atoms with van der Waals surface area (Å²) in [5.41, 5.74) is 1.08. The number of methoxy groups -OCH3 is 1. The van der Waals surface area contributed by atoms with E-state index in [-0.39, 0.29) is 0 Å². The zero-order valence-electron chi connectivity index (χ0n) is 7.45. The number of benzene rings is 1. The van der Waals surface area contributed by atoms with Gasteiger partial charge >= 0.3 is 6.47 Å². The average molecular weight is 179 g/mol. The van der Waals surface area contributed by atoms with Gasteiger partial charge in [-0.05, 0) is 17.7 Å². The first-order valence-corrected chi connectivity index (χ1v) is 3.98. The summed E-state index contributed by atoms with van der Waals surface area (Å²) in [6.07, 6.45) is 0.687. The largest absolute Gasteiger partial charge is 0.497 e. The molecule has 0 aliphatic heterocycles. The maximum absolute atomic E-state index is 9.75. The number of rotatable bonds is 5. The molecular formula is C10H11O3. The van der Waals surface area contributed by atoms with Crippen molar-refractivity contribution in [1.82, 2.24) is 0 Å². The van der Waals surface area contributed by atoms with Gasteiger partial charge in [0.15, 0.2) is 0 Å². The highest BCUT2D eigenvalue weighted by atomic mass is 16.5. The molecule has 0 aliphatic rings. The lowest BCUT2D eigenvalue weighted by molar-refractivity contribution is 0.281. The molecule has 1 radical (unpaired) electrons. The molecule has 1 aromatic rings. The van der Waals surface area contributed by atoms with Crippen molar-refractivity contribution < 1.29 is 14.3 Å². The van der Waals surface area contributed by atoms with Crippen LogP contribution < -0.4 is 4.74 Å². The SMILES string of the molecule is COc1cccc(CCO[C]=O)c1. The van der Waals surface area contributed by atoms with Crippen LogP contribution in [0.1, 0.15) is 5.56 Å². The molecule has 3 heteroatoms. The van der Waals surface area contributed by atoms with Crippen molar-refractivity contribution in [2.24, 2.45) is 0 Å². The van der Waals surface area contributed by atoms with Gasteiger partial charge in [0.05, 0.1) is 13.7 Å². The first-order chi connectivity index (χ1) is 6.36. The van der Waals surface area contributed by atoms with E-state index in [4.69, 9.17) is 4.74 Å². The normalized spacial score (nSPS) is 9.31. The molecule has 0 spiro atoms. The van der Waals surface area contributed by atoms with Crippen molar-refractivity contribution in [3.63, 3.8) is 0 Å². The Hall–Kier alpha value is -1.51. The van der Waals surface area contributed by atoms with Gasteiger partial charge in [-0.3, -0.25) is 0 Å². The van der Waals surface area contributed by atoms with Gasteiger partial charge in [-0.2, -0.15) is 0 Å². The third-order valence-corrected chi connectivity index (χ3v) is 1.69. The Bertz CT molecular complexity index is 271. The number of ether oxygens (including phenoxy) is 2. The molecule has 0 aliphatic carbocycles. The van der Waals surface area contributed by atoms with E-state index in [9.17, 15) is 4.79 Å². The first kappa shape index (κ1) is 9.58. The van der Waals surface area contributed by atoms with Crippen LogP contribution in [-0.4, -0.2) is 20.2 Å². The number of hydrogen-bond donors (Lipinski definition) is 0. The van der Waals surface area contributed by atoms with E-state index in [2.05, 4.69) is 4.74 Å². The standard InChI is InChI=1S/C10H11O3/c1-12-10-4-2-3-9(7-10)5-6-13-8-11/h2-4,7H,5-6H2,1H3. The van der Waals surface area contributed by atoms with Crippen molar-refractivity contribution in [2.75, 3.05) is 13.7 Å². The van der Waals surface area contributed by atoms with Crippen molar-refractivity contribution in [1.29, 1.82) is 0 Å². The zero-order chi connectivity index (χ0) is 9.52. The van der Waals surface area contributed by atoms with Gasteiger partial charge < -0.3 is 9.47 Å². The van der Waals surface area contributed by atoms with Crippen LogP contribution in [-0.2, 0) is 16.0 Å². The predicted molar refractivity (Wildman–Crippen MR) is 48.3 cm³/mol. The summed E-state index contributed by atoms with van der Waals surface area (Å²) in [5.74, 6) is 0.813. The van der Waals surface area contributed by atoms with Crippen molar-refractivity contribution in [2.45, 2.75) is 6.42 Å². The fourth-order valence-corrected chi connectivity index (χ4v) is 1.04. The topological polar surface area (TPSA) is 35.5 Å². The van der Waals surface area contributed by atoms with Crippen LogP contribution in [0.15, 0.2) is 24.3 Å². The molecule has 0 amide bonds. The maximum Gasteiger partial charge on any atom is 0.417 e. The minimum absolute atomic E-state index is 0.358. The Morgan fingerprint density at radius 1 is 1.46 bits per heavy atom. The van der Waals surface area contributed by atoms with Gasteiger partial charge in [0.1, 0.15) is 5.75 Å². The summed E-state index contributed by atoms with van der Waals surface area (Å²) in [6, 6.07) is 7.64. The van der Waals surface area contributed by atoms with Gasteiger partial charge in [0, 0.05) is 6.42 Å². The number of carbonyl (C=O) groups excluding carboxylic acids is 1. The van der Waals surface area contributed by atoms with Gasteiger partial charge in [-0.15, -0.1) is 0 Å². The second-order valence-electron chi connectivity index (χ2n) is 2.53. The molecule has 69 valence electrons. The quantitative estimate of drug-likeness (QED) is 0.639. The van der Waals surface area contributed by atoms with Crippen LogP contribution >= 0.6 is 0 Å². The molecular weight excluding hydrogens is 168 g/mol. The van der Waals surface area contributed by atoms with E-state index >= 15 is 0 Å². The summed E-state index contributed by atoms with van der Waals surface area (Å²) < 4.78 is 9.51. The van der Waals surface area contributed by atoms with E-state index < -0.39 is 0 Å². The second-order valence-corrected chi connectivity index (χ2v) is 2.53. The predicted octanol–water partition coefficient (Wildman–Crippen LogP) is 1.32. The van der Waals surface area contributed by atoms with Crippen molar-refractivity contribution >= 4 is 6.47 Å². The second kappa shape index (κ2) is 5.19. The smallest absolute Gasteiger partial charge is 0.417 e. The van der Waals surface area contributed by atoms with Crippen LogP contribution in [0.5, 0.6) is 5.75 Å². The molecule has 0 aromatic heterocycles. The summed E-state index contributed by atoms with van der Waals surface area (Å²) >= 11 is 0. The highest BCUT2D eigenvalue weighted by Gasteiger charge is 1.95. The third-order valence-electron chi connectivity index (χ3n) is 1.69. The Morgan fingerprint density at radius 2 is 2.31 bits per heavy atom. The molecule has 0 saturated heterocycles. The molecule has 1 rings (SSSR count). The molecule has 0 atom stereocenters. The summed E-state index contributed by atoms with van der Waals surface area (Å²) in [6.45, 7) is 1.74. The lowest BCUT2D eigenvalue weighted by Crippen LogP contribution is -1.96. The Morgan fingerprint density at radius 3 is 3.00 bits per heavy atom. The fraction of sp³-hybridized carbons (Fsp3) is 0.300. The molecule has 0 unspecified atom stereocenters. The van der Waals surface area contributed by atoms with Gasteiger partial charge in [0.25, 0.3) is 0 Å². The molecule has 3 nitrogen and oxygen atoms in total. The first-order valence-electron chi connectivity index (χ1n) is 3.98. The van der Waals surface area contributed by atoms with Crippen LogP contribution in [0, 0.1) is 0 Å².